The molecule has 1 heterocycles. The van der Waals surface area contributed by atoms with Crippen molar-refractivity contribution in [3.05, 3.63) is 71.9 Å². The molecule has 1 N–H and O–H groups in total. The maximum Gasteiger partial charge on any atom is 0.503 e. The molecule has 6 nitrogen and oxygen atoms in total. The number of halogens is 3. The predicted octanol–water partition coefficient (Wildman–Crippen LogP) is 4.72. The summed E-state index contributed by atoms with van der Waals surface area (Å²) in [4.78, 5) is 12.5. The third kappa shape index (κ3) is 4.63. The summed E-state index contributed by atoms with van der Waals surface area (Å²) in [6.45, 7) is 6.23. The van der Waals surface area contributed by atoms with Crippen LogP contribution >= 0.6 is 0 Å². The van der Waals surface area contributed by atoms with Crippen LogP contribution in [0.25, 0.3) is 5.69 Å². The molecule has 2 aromatic carbocycles. The predicted molar refractivity (Wildman–Crippen MR) is 110 cm³/mol. The molecular weight excluding hydrogens is 431 g/mol. The van der Waals surface area contributed by atoms with Crippen molar-refractivity contribution in [3.63, 3.8) is 0 Å². The maximum absolute atomic E-state index is 12.9. The molecule has 0 radical (unpaired) electrons. The molecule has 0 saturated carbocycles. The number of carbonyl (C=O) groups is 1. The molecule has 0 unspecified atom stereocenters. The van der Waals surface area contributed by atoms with Gasteiger partial charge in [-0.1, -0.05) is 32.9 Å². The van der Waals surface area contributed by atoms with Gasteiger partial charge in [0.05, 0.1) is 11.9 Å². The second-order valence-electron chi connectivity index (χ2n) is 7.86. The third-order valence-electron chi connectivity index (χ3n) is 4.57. The van der Waals surface area contributed by atoms with Crippen LogP contribution in [0.3, 0.4) is 0 Å². The van der Waals surface area contributed by atoms with Crippen LogP contribution in [-0.2, 0) is 15.3 Å². The first kappa shape index (κ1) is 22.5. The molecule has 0 spiro atoms. The van der Waals surface area contributed by atoms with Crippen molar-refractivity contribution in [3.8, 4) is 5.69 Å². The molecule has 31 heavy (non-hydrogen) atoms. The van der Waals surface area contributed by atoms with E-state index in [-0.39, 0.29) is 16.7 Å². The SMILES string of the molecule is CC(C)(C)c1ccc(NC(=O)c2ccc(-n3nccc3S(=O)(=O)C(F)(F)F)cc2)cc1. The Morgan fingerprint density at radius 3 is 2.03 bits per heavy atom. The minimum atomic E-state index is -5.57. The van der Waals surface area contributed by atoms with E-state index in [0.29, 0.717) is 10.4 Å². The fourth-order valence-electron chi connectivity index (χ4n) is 2.82. The van der Waals surface area contributed by atoms with Crippen molar-refractivity contribution < 1.29 is 26.4 Å². The van der Waals surface area contributed by atoms with E-state index in [0.717, 1.165) is 17.8 Å². The second-order valence-corrected chi connectivity index (χ2v) is 9.75. The van der Waals surface area contributed by atoms with Gasteiger partial charge in [0.1, 0.15) is 0 Å². The first-order chi connectivity index (χ1) is 14.3. The molecule has 1 amide bonds. The maximum atomic E-state index is 12.9. The Morgan fingerprint density at radius 1 is 0.935 bits per heavy atom. The minimum absolute atomic E-state index is 0.0245. The quantitative estimate of drug-likeness (QED) is 0.623. The highest BCUT2D eigenvalue weighted by atomic mass is 32.2. The highest BCUT2D eigenvalue weighted by molar-refractivity contribution is 7.92. The minimum Gasteiger partial charge on any atom is -0.322 e. The van der Waals surface area contributed by atoms with Crippen molar-refractivity contribution in [2.24, 2.45) is 0 Å². The monoisotopic (exact) mass is 451 g/mol. The number of rotatable bonds is 4. The zero-order valence-corrected chi connectivity index (χ0v) is 17.8. The summed E-state index contributed by atoms with van der Waals surface area (Å²) in [6.07, 6.45) is 0.959. The zero-order chi connectivity index (χ0) is 23.0. The van der Waals surface area contributed by atoms with Gasteiger partial charge in [0.15, 0.2) is 5.03 Å². The summed E-state index contributed by atoms with van der Waals surface area (Å²) >= 11 is 0. The number of alkyl halides is 3. The summed E-state index contributed by atoms with van der Waals surface area (Å²) < 4.78 is 62.7. The second kappa shape index (κ2) is 7.84. The molecule has 0 bridgehead atoms. The van der Waals surface area contributed by atoms with E-state index in [9.17, 15) is 26.4 Å². The highest BCUT2D eigenvalue weighted by Gasteiger charge is 2.48. The summed E-state index contributed by atoms with van der Waals surface area (Å²) in [5, 5.41) is 5.41. The highest BCUT2D eigenvalue weighted by Crippen LogP contribution is 2.31. The summed E-state index contributed by atoms with van der Waals surface area (Å²) in [5.74, 6) is -0.418. The van der Waals surface area contributed by atoms with Gasteiger partial charge in [-0.05, 0) is 53.4 Å². The molecule has 0 aliphatic carbocycles. The van der Waals surface area contributed by atoms with Gasteiger partial charge in [-0.3, -0.25) is 4.79 Å². The Labute approximate surface area is 177 Å². The Morgan fingerprint density at radius 2 is 1.52 bits per heavy atom. The molecular formula is C21H20F3N3O3S. The van der Waals surface area contributed by atoms with E-state index in [2.05, 4.69) is 31.2 Å². The number of sulfone groups is 1. The summed E-state index contributed by atoms with van der Waals surface area (Å²) in [7, 11) is -5.57. The molecule has 0 aliphatic rings. The Kier molecular flexibility index (Phi) is 5.70. The van der Waals surface area contributed by atoms with E-state index >= 15 is 0 Å². The van der Waals surface area contributed by atoms with Crippen LogP contribution < -0.4 is 5.32 Å². The fraction of sp³-hybridized carbons (Fsp3) is 0.238. The fourth-order valence-corrected chi connectivity index (χ4v) is 3.68. The van der Waals surface area contributed by atoms with Gasteiger partial charge in [-0.2, -0.15) is 18.3 Å². The van der Waals surface area contributed by atoms with Gasteiger partial charge in [0.25, 0.3) is 15.7 Å². The first-order valence-electron chi connectivity index (χ1n) is 9.18. The molecule has 10 heteroatoms. The lowest BCUT2D eigenvalue weighted by molar-refractivity contribution is -0.0439. The van der Waals surface area contributed by atoms with Gasteiger partial charge < -0.3 is 5.32 Å². The van der Waals surface area contributed by atoms with Crippen molar-refractivity contribution in [2.75, 3.05) is 5.32 Å². The van der Waals surface area contributed by atoms with E-state index in [4.69, 9.17) is 0 Å². The van der Waals surface area contributed by atoms with E-state index < -0.39 is 26.3 Å². The lowest BCUT2D eigenvalue weighted by Crippen LogP contribution is -2.25. The van der Waals surface area contributed by atoms with Gasteiger partial charge in [-0.25, -0.2) is 13.1 Å². The molecule has 0 fully saturated rings. The standard InChI is InChI=1S/C21H20F3N3O3S/c1-20(2,3)15-6-8-16(9-7-15)26-19(28)14-4-10-17(11-5-14)27-18(12-13-25-27)31(29,30)21(22,23)24/h4-13H,1-3H3,(H,26,28). The number of carbonyl (C=O) groups excluding carboxylic acids is 1. The van der Waals surface area contributed by atoms with Crippen molar-refractivity contribution in [1.29, 1.82) is 0 Å². The van der Waals surface area contributed by atoms with Gasteiger partial charge in [0.2, 0.25) is 0 Å². The van der Waals surface area contributed by atoms with Gasteiger partial charge in [-0.15, -0.1) is 0 Å². The van der Waals surface area contributed by atoms with Crippen LogP contribution in [-0.4, -0.2) is 29.6 Å². The normalized spacial score (nSPS) is 12.6. The first-order valence-corrected chi connectivity index (χ1v) is 10.7. The zero-order valence-electron chi connectivity index (χ0n) is 16.9. The Bertz CT molecular complexity index is 1190. The number of benzene rings is 2. The lowest BCUT2D eigenvalue weighted by atomic mass is 9.87. The topological polar surface area (TPSA) is 81.1 Å². The molecule has 1 aromatic heterocycles. The lowest BCUT2D eigenvalue weighted by Gasteiger charge is -2.19. The molecule has 0 atom stereocenters. The third-order valence-corrected chi connectivity index (χ3v) is 6.04. The van der Waals surface area contributed by atoms with Crippen LogP contribution in [0.4, 0.5) is 18.9 Å². The number of aromatic nitrogens is 2. The van der Waals surface area contributed by atoms with Crippen LogP contribution in [0, 0.1) is 0 Å². The molecule has 164 valence electrons. The summed E-state index contributed by atoms with van der Waals surface area (Å²) in [6, 6.07) is 13.6. The number of hydrogen-bond acceptors (Lipinski definition) is 4. The number of nitrogens with one attached hydrogen (secondary N) is 1. The van der Waals surface area contributed by atoms with Crippen molar-refractivity contribution >= 4 is 21.4 Å². The van der Waals surface area contributed by atoms with E-state index in [1.165, 1.54) is 24.3 Å². The van der Waals surface area contributed by atoms with Crippen molar-refractivity contribution in [2.45, 2.75) is 36.7 Å². The van der Waals surface area contributed by atoms with E-state index in [1.807, 2.05) is 12.1 Å². The smallest absolute Gasteiger partial charge is 0.322 e. The summed E-state index contributed by atoms with van der Waals surface area (Å²) in [5.41, 5.74) is -3.46. The molecule has 0 aliphatic heterocycles. The average Bonchev–Trinajstić information content (AvgIpc) is 3.17. The van der Waals surface area contributed by atoms with Gasteiger partial charge >= 0.3 is 5.51 Å². The molecule has 3 aromatic rings. The van der Waals surface area contributed by atoms with E-state index in [1.54, 1.807) is 12.1 Å². The average molecular weight is 451 g/mol. The number of hydrogen-bond donors (Lipinski definition) is 1. The van der Waals surface area contributed by atoms with Crippen LogP contribution in [0.5, 0.6) is 0 Å². The van der Waals surface area contributed by atoms with Crippen LogP contribution in [0.15, 0.2) is 65.8 Å². The number of nitrogens with zero attached hydrogens (tertiary/aromatic N) is 2. The van der Waals surface area contributed by atoms with Gasteiger partial charge in [0, 0.05) is 11.3 Å². The van der Waals surface area contributed by atoms with Crippen molar-refractivity contribution in [1.82, 2.24) is 9.78 Å². The number of anilines is 1. The Hall–Kier alpha value is -3.14. The van der Waals surface area contributed by atoms with Crippen LogP contribution in [0.1, 0.15) is 36.7 Å². The Balaban J connectivity index is 1.80. The number of amides is 1. The largest absolute Gasteiger partial charge is 0.503 e. The molecule has 3 rings (SSSR count). The van der Waals surface area contributed by atoms with Crippen LogP contribution in [0.2, 0.25) is 0 Å². The molecule has 0 saturated heterocycles.